The summed E-state index contributed by atoms with van der Waals surface area (Å²) in [6.07, 6.45) is 1.05. The largest absolute Gasteiger partial charge is 0.304 e. The van der Waals surface area contributed by atoms with Gasteiger partial charge in [-0.15, -0.1) is 0 Å². The highest BCUT2D eigenvalue weighted by atomic mass is 16.1. The van der Waals surface area contributed by atoms with Crippen LogP contribution in [0.25, 0.3) is 5.65 Å². The van der Waals surface area contributed by atoms with Gasteiger partial charge in [-0.2, -0.15) is 0 Å². The van der Waals surface area contributed by atoms with Crippen LogP contribution in [0.15, 0.2) is 53.3 Å². The van der Waals surface area contributed by atoms with Gasteiger partial charge in [-0.25, -0.2) is 4.98 Å². The molecule has 0 saturated carbocycles. The zero-order valence-electron chi connectivity index (χ0n) is 16.0. The van der Waals surface area contributed by atoms with Crippen LogP contribution in [0, 0.1) is 12.8 Å². The Morgan fingerprint density at radius 1 is 1.12 bits per heavy atom. The third kappa shape index (κ3) is 3.86. The second-order valence-corrected chi connectivity index (χ2v) is 7.14. The molecular weight excluding hydrogens is 322 g/mol. The molecule has 3 aromatic rings. The minimum absolute atomic E-state index is 0.0294. The SMILES string of the molecule is CCc1ccc([C@H](NCc2cc(=O)n3c(C)cccc3n2)C(C)C)cc1. The highest BCUT2D eigenvalue weighted by Crippen LogP contribution is 2.22. The van der Waals surface area contributed by atoms with E-state index in [1.54, 1.807) is 10.5 Å². The summed E-state index contributed by atoms with van der Waals surface area (Å²) < 4.78 is 1.65. The lowest BCUT2D eigenvalue weighted by atomic mass is 9.95. The van der Waals surface area contributed by atoms with Crippen LogP contribution in [0.4, 0.5) is 0 Å². The van der Waals surface area contributed by atoms with Crippen molar-refractivity contribution in [2.75, 3.05) is 0 Å². The maximum absolute atomic E-state index is 12.4. The van der Waals surface area contributed by atoms with Crippen molar-refractivity contribution >= 4 is 5.65 Å². The van der Waals surface area contributed by atoms with Crippen molar-refractivity contribution in [1.82, 2.24) is 14.7 Å². The number of pyridine rings is 1. The number of rotatable bonds is 6. The third-order valence-electron chi connectivity index (χ3n) is 4.85. The number of nitrogens with zero attached hydrogens (tertiary/aromatic N) is 2. The number of hydrogen-bond donors (Lipinski definition) is 1. The predicted octanol–water partition coefficient (Wildman–Crippen LogP) is 4.05. The molecule has 1 N–H and O–H groups in total. The second kappa shape index (κ2) is 7.83. The van der Waals surface area contributed by atoms with E-state index in [0.717, 1.165) is 17.8 Å². The maximum Gasteiger partial charge on any atom is 0.258 e. The van der Waals surface area contributed by atoms with Crippen LogP contribution in [0.1, 0.15) is 49.3 Å². The first-order chi connectivity index (χ1) is 12.5. The molecule has 0 bridgehead atoms. The molecule has 0 fully saturated rings. The van der Waals surface area contributed by atoms with E-state index in [1.165, 1.54) is 11.1 Å². The fourth-order valence-electron chi connectivity index (χ4n) is 3.37. The molecule has 0 aliphatic rings. The highest BCUT2D eigenvalue weighted by Gasteiger charge is 2.16. The van der Waals surface area contributed by atoms with Crippen molar-refractivity contribution in [2.24, 2.45) is 5.92 Å². The molecule has 2 aromatic heterocycles. The van der Waals surface area contributed by atoms with Gasteiger partial charge in [0, 0.05) is 24.3 Å². The topological polar surface area (TPSA) is 46.4 Å². The minimum Gasteiger partial charge on any atom is -0.304 e. The molecule has 4 heteroatoms. The zero-order valence-corrected chi connectivity index (χ0v) is 16.0. The highest BCUT2D eigenvalue weighted by molar-refractivity contribution is 5.40. The monoisotopic (exact) mass is 349 g/mol. The molecule has 0 unspecified atom stereocenters. The van der Waals surface area contributed by atoms with E-state index < -0.39 is 0 Å². The Morgan fingerprint density at radius 3 is 2.50 bits per heavy atom. The minimum atomic E-state index is -0.0294. The number of hydrogen-bond acceptors (Lipinski definition) is 3. The van der Waals surface area contributed by atoms with Crippen LogP contribution >= 0.6 is 0 Å². The Morgan fingerprint density at radius 2 is 1.85 bits per heavy atom. The molecule has 0 spiro atoms. The fourth-order valence-corrected chi connectivity index (χ4v) is 3.37. The molecule has 0 saturated heterocycles. The first kappa shape index (κ1) is 18.3. The predicted molar refractivity (Wildman–Crippen MR) is 106 cm³/mol. The summed E-state index contributed by atoms with van der Waals surface area (Å²) in [6.45, 7) is 9.06. The Hall–Kier alpha value is -2.46. The molecule has 1 atom stereocenters. The van der Waals surface area contributed by atoms with Crippen molar-refractivity contribution < 1.29 is 0 Å². The smallest absolute Gasteiger partial charge is 0.258 e. The third-order valence-corrected chi connectivity index (χ3v) is 4.85. The Labute approximate surface area is 154 Å². The van der Waals surface area contributed by atoms with Gasteiger partial charge in [0.05, 0.1) is 5.69 Å². The van der Waals surface area contributed by atoms with Gasteiger partial charge in [0.25, 0.3) is 5.56 Å². The van der Waals surface area contributed by atoms with Crippen LogP contribution in [0.2, 0.25) is 0 Å². The molecule has 0 aliphatic carbocycles. The first-order valence-electron chi connectivity index (χ1n) is 9.30. The Kier molecular flexibility index (Phi) is 5.52. The zero-order chi connectivity index (χ0) is 18.7. The second-order valence-electron chi connectivity index (χ2n) is 7.14. The molecule has 0 amide bonds. The summed E-state index contributed by atoms with van der Waals surface area (Å²) in [5.74, 6) is 0.436. The molecule has 0 radical (unpaired) electrons. The van der Waals surface area contributed by atoms with Gasteiger partial charge < -0.3 is 5.32 Å². The van der Waals surface area contributed by atoms with Crippen LogP contribution in [0.3, 0.4) is 0 Å². The molecule has 136 valence electrons. The first-order valence-corrected chi connectivity index (χ1v) is 9.30. The van der Waals surface area contributed by atoms with Gasteiger partial charge >= 0.3 is 0 Å². The summed E-state index contributed by atoms with van der Waals surface area (Å²) in [5, 5.41) is 3.59. The molecular formula is C22H27N3O. The van der Waals surface area contributed by atoms with E-state index in [1.807, 2.05) is 25.1 Å². The van der Waals surface area contributed by atoms with Crippen LogP contribution < -0.4 is 10.9 Å². The average Bonchev–Trinajstić information content (AvgIpc) is 2.62. The molecule has 0 aliphatic heterocycles. The van der Waals surface area contributed by atoms with Gasteiger partial charge in [0.1, 0.15) is 5.65 Å². The summed E-state index contributed by atoms with van der Waals surface area (Å²) >= 11 is 0. The van der Waals surface area contributed by atoms with E-state index in [2.05, 4.69) is 55.3 Å². The van der Waals surface area contributed by atoms with E-state index in [9.17, 15) is 4.79 Å². The molecule has 26 heavy (non-hydrogen) atoms. The van der Waals surface area contributed by atoms with Crippen molar-refractivity contribution in [3.05, 3.63) is 81.4 Å². The van der Waals surface area contributed by atoms with Gasteiger partial charge in [0.2, 0.25) is 0 Å². The van der Waals surface area contributed by atoms with Crippen molar-refractivity contribution in [3.63, 3.8) is 0 Å². The molecule has 2 heterocycles. The average molecular weight is 349 g/mol. The summed E-state index contributed by atoms with van der Waals surface area (Å²) in [5.41, 5.74) is 4.95. The standard InChI is InChI=1S/C22H27N3O/c1-5-17-9-11-18(12-10-17)22(15(2)3)23-14-19-13-21(26)25-16(4)7-6-8-20(25)24-19/h6-13,15,22-23H,5,14H2,1-4H3/t22-/m1/s1. The van der Waals surface area contributed by atoms with Gasteiger partial charge in [-0.05, 0) is 42.5 Å². The lowest BCUT2D eigenvalue weighted by molar-refractivity contribution is 0.408. The van der Waals surface area contributed by atoms with Crippen LogP contribution in [0.5, 0.6) is 0 Å². The lowest BCUT2D eigenvalue weighted by Gasteiger charge is -2.23. The molecule has 4 nitrogen and oxygen atoms in total. The normalized spacial score (nSPS) is 12.7. The van der Waals surface area contributed by atoms with Gasteiger partial charge in [-0.3, -0.25) is 9.20 Å². The van der Waals surface area contributed by atoms with Crippen LogP contribution in [-0.2, 0) is 13.0 Å². The van der Waals surface area contributed by atoms with E-state index in [0.29, 0.717) is 18.1 Å². The molecule has 3 rings (SSSR count). The van der Waals surface area contributed by atoms with Gasteiger partial charge in [-0.1, -0.05) is 51.1 Å². The van der Waals surface area contributed by atoms with E-state index >= 15 is 0 Å². The van der Waals surface area contributed by atoms with Crippen molar-refractivity contribution in [1.29, 1.82) is 0 Å². The van der Waals surface area contributed by atoms with E-state index in [-0.39, 0.29) is 11.6 Å². The fraction of sp³-hybridized carbons (Fsp3) is 0.364. The number of fused-ring (bicyclic) bond motifs is 1. The van der Waals surface area contributed by atoms with E-state index in [4.69, 9.17) is 0 Å². The number of aromatic nitrogens is 2. The Balaban J connectivity index is 1.83. The van der Waals surface area contributed by atoms with Gasteiger partial charge in [0.15, 0.2) is 0 Å². The number of benzene rings is 1. The van der Waals surface area contributed by atoms with Crippen molar-refractivity contribution in [2.45, 2.75) is 46.7 Å². The number of nitrogens with one attached hydrogen (secondary N) is 1. The lowest BCUT2D eigenvalue weighted by Crippen LogP contribution is -2.27. The maximum atomic E-state index is 12.4. The van der Waals surface area contributed by atoms with Crippen molar-refractivity contribution in [3.8, 4) is 0 Å². The summed E-state index contributed by atoms with van der Waals surface area (Å²) in [7, 11) is 0. The summed E-state index contributed by atoms with van der Waals surface area (Å²) in [4.78, 5) is 17.1. The summed E-state index contributed by atoms with van der Waals surface area (Å²) in [6, 6.07) is 16.4. The number of aryl methyl sites for hydroxylation is 2. The molecule has 1 aromatic carbocycles. The quantitative estimate of drug-likeness (QED) is 0.730. The Bertz CT molecular complexity index is 942. The van der Waals surface area contributed by atoms with Crippen LogP contribution in [-0.4, -0.2) is 9.38 Å².